The van der Waals surface area contributed by atoms with Gasteiger partial charge in [0.2, 0.25) is 5.95 Å². The van der Waals surface area contributed by atoms with Crippen molar-refractivity contribution in [2.45, 2.75) is 24.3 Å². The molecule has 4 aromatic rings. The fraction of sp³-hybridized carbons (Fsp3) is 0.148. The normalized spacial score (nSPS) is 15.0. The zero-order valence-corrected chi connectivity index (χ0v) is 20.7. The van der Waals surface area contributed by atoms with E-state index in [4.69, 9.17) is 39.5 Å². The van der Waals surface area contributed by atoms with Gasteiger partial charge in [-0.05, 0) is 40.8 Å². The molecule has 5 nitrogen and oxygen atoms in total. The second-order valence-corrected chi connectivity index (χ2v) is 9.52. The van der Waals surface area contributed by atoms with Crippen molar-refractivity contribution in [3.63, 3.8) is 0 Å². The SMILES string of the molecule is O=C(Nc1ncc2c(n1)-c1ccccc1C(c1ccc(Cl)c(Cl)c1)C2)OC(Cl)Cc1ccccc1. The van der Waals surface area contributed by atoms with Crippen LogP contribution in [0.5, 0.6) is 0 Å². The van der Waals surface area contributed by atoms with Crippen molar-refractivity contribution in [2.75, 3.05) is 5.32 Å². The van der Waals surface area contributed by atoms with E-state index in [0.29, 0.717) is 22.9 Å². The fourth-order valence-corrected chi connectivity index (χ4v) is 4.87. The number of benzene rings is 3. The van der Waals surface area contributed by atoms with Crippen LogP contribution >= 0.6 is 34.8 Å². The predicted octanol–water partition coefficient (Wildman–Crippen LogP) is 7.49. The maximum Gasteiger partial charge on any atom is 0.415 e. The number of carbonyl (C=O) groups is 1. The second-order valence-electron chi connectivity index (χ2n) is 8.22. The van der Waals surface area contributed by atoms with Gasteiger partial charge in [-0.1, -0.05) is 95.5 Å². The Morgan fingerprint density at radius 1 is 1.03 bits per heavy atom. The van der Waals surface area contributed by atoms with Gasteiger partial charge in [0, 0.05) is 24.1 Å². The molecule has 3 aromatic carbocycles. The topological polar surface area (TPSA) is 64.1 Å². The minimum Gasteiger partial charge on any atom is -0.429 e. The molecular formula is C27H20Cl3N3O2. The number of rotatable bonds is 5. The van der Waals surface area contributed by atoms with Crippen LogP contribution in [0.1, 0.15) is 28.2 Å². The van der Waals surface area contributed by atoms with Crippen LogP contribution in [0, 0.1) is 0 Å². The van der Waals surface area contributed by atoms with E-state index in [2.05, 4.69) is 21.4 Å². The van der Waals surface area contributed by atoms with E-state index in [-0.39, 0.29) is 11.9 Å². The van der Waals surface area contributed by atoms with Crippen LogP contribution in [-0.2, 0) is 17.6 Å². The van der Waals surface area contributed by atoms with Gasteiger partial charge in [0.25, 0.3) is 0 Å². The fourth-order valence-electron chi connectivity index (χ4n) is 4.30. The average molecular weight is 525 g/mol. The Labute approximate surface area is 218 Å². The van der Waals surface area contributed by atoms with Crippen LogP contribution in [0.25, 0.3) is 11.3 Å². The lowest BCUT2D eigenvalue weighted by Gasteiger charge is -2.27. The van der Waals surface area contributed by atoms with Crippen LogP contribution in [-0.4, -0.2) is 21.6 Å². The summed E-state index contributed by atoms with van der Waals surface area (Å²) in [6.45, 7) is 0. The summed E-state index contributed by atoms with van der Waals surface area (Å²) in [4.78, 5) is 21.4. The summed E-state index contributed by atoms with van der Waals surface area (Å²) in [6, 6.07) is 23.3. The summed E-state index contributed by atoms with van der Waals surface area (Å²) in [5.74, 6) is 0.232. The van der Waals surface area contributed by atoms with Crippen molar-refractivity contribution in [3.05, 3.63) is 111 Å². The molecule has 0 saturated carbocycles. The number of alkyl halides is 1. The molecular weight excluding hydrogens is 505 g/mol. The molecule has 2 unspecified atom stereocenters. The molecule has 1 aliphatic rings. The Morgan fingerprint density at radius 3 is 2.60 bits per heavy atom. The van der Waals surface area contributed by atoms with Gasteiger partial charge < -0.3 is 4.74 Å². The van der Waals surface area contributed by atoms with E-state index in [1.165, 1.54) is 0 Å². The maximum atomic E-state index is 12.4. The lowest BCUT2D eigenvalue weighted by atomic mass is 9.78. The summed E-state index contributed by atoms with van der Waals surface area (Å²) in [6.07, 6.45) is 2.11. The molecule has 1 heterocycles. The number of carbonyl (C=O) groups excluding carboxylic acids is 1. The highest BCUT2D eigenvalue weighted by atomic mass is 35.5. The molecule has 176 valence electrons. The molecule has 1 amide bonds. The molecule has 0 spiro atoms. The number of anilines is 1. The number of halogens is 3. The Bertz CT molecular complexity index is 1380. The molecule has 2 atom stereocenters. The lowest BCUT2D eigenvalue weighted by molar-refractivity contribution is 0.147. The smallest absolute Gasteiger partial charge is 0.415 e. The van der Waals surface area contributed by atoms with Gasteiger partial charge in [-0.15, -0.1) is 0 Å². The summed E-state index contributed by atoms with van der Waals surface area (Å²) < 4.78 is 5.28. The zero-order chi connectivity index (χ0) is 24.4. The van der Waals surface area contributed by atoms with E-state index in [9.17, 15) is 4.79 Å². The number of fused-ring (bicyclic) bond motifs is 3. The Morgan fingerprint density at radius 2 is 1.80 bits per heavy atom. The first-order valence-corrected chi connectivity index (χ1v) is 12.2. The van der Waals surface area contributed by atoms with Crippen LogP contribution in [0.2, 0.25) is 10.0 Å². The highest BCUT2D eigenvalue weighted by molar-refractivity contribution is 6.42. The molecule has 1 aromatic heterocycles. The molecule has 8 heteroatoms. The molecule has 0 saturated heterocycles. The minimum atomic E-state index is -0.817. The van der Waals surface area contributed by atoms with E-state index >= 15 is 0 Å². The molecule has 35 heavy (non-hydrogen) atoms. The number of nitrogens with one attached hydrogen (secondary N) is 1. The van der Waals surface area contributed by atoms with Gasteiger partial charge in [0.1, 0.15) is 0 Å². The Hall–Kier alpha value is -3.12. The van der Waals surface area contributed by atoms with Crippen LogP contribution in [0.15, 0.2) is 79.0 Å². The largest absolute Gasteiger partial charge is 0.429 e. The van der Waals surface area contributed by atoms with Crippen LogP contribution in [0.4, 0.5) is 10.7 Å². The first-order chi connectivity index (χ1) is 17.0. The molecule has 1 aliphatic carbocycles. The summed E-state index contributed by atoms with van der Waals surface area (Å²) >= 11 is 18.6. The van der Waals surface area contributed by atoms with Gasteiger partial charge in [0.15, 0.2) is 5.56 Å². The first-order valence-electron chi connectivity index (χ1n) is 11.0. The van der Waals surface area contributed by atoms with Crippen LogP contribution < -0.4 is 5.32 Å². The minimum absolute atomic E-state index is 0.0795. The van der Waals surface area contributed by atoms with Gasteiger partial charge in [-0.25, -0.2) is 14.8 Å². The standard InChI is InChI=1S/C27H20Cl3N3O2/c28-22-11-10-17(14-23(22)29)21-13-18-15-31-26(32-25(18)20-9-5-4-8-19(20)21)33-27(34)35-24(30)12-16-6-2-1-3-7-16/h1-11,14-15,21,24H,12-13H2,(H,31,32,33,34). The third-order valence-electron chi connectivity index (χ3n) is 5.91. The Balaban J connectivity index is 1.35. The number of nitrogens with zero attached hydrogens (tertiary/aromatic N) is 2. The molecule has 0 aliphatic heterocycles. The van der Waals surface area contributed by atoms with E-state index in [1.54, 1.807) is 6.20 Å². The third kappa shape index (κ3) is 5.27. The number of ether oxygens (including phenoxy) is 1. The zero-order valence-electron chi connectivity index (χ0n) is 18.4. The number of hydrogen-bond acceptors (Lipinski definition) is 4. The first kappa shape index (κ1) is 23.6. The number of aromatic nitrogens is 2. The molecule has 0 fully saturated rings. The van der Waals surface area contributed by atoms with Crippen molar-refractivity contribution >= 4 is 46.8 Å². The van der Waals surface area contributed by atoms with Gasteiger partial charge >= 0.3 is 6.09 Å². The average Bonchev–Trinajstić information content (AvgIpc) is 2.86. The lowest BCUT2D eigenvalue weighted by Crippen LogP contribution is -2.22. The van der Waals surface area contributed by atoms with E-state index in [1.807, 2.05) is 66.7 Å². The van der Waals surface area contributed by atoms with E-state index < -0.39 is 11.7 Å². The second kappa shape index (κ2) is 10.2. The Kier molecular flexibility index (Phi) is 6.91. The monoisotopic (exact) mass is 523 g/mol. The quantitative estimate of drug-likeness (QED) is 0.275. The van der Waals surface area contributed by atoms with Crippen molar-refractivity contribution in [2.24, 2.45) is 0 Å². The van der Waals surface area contributed by atoms with Crippen molar-refractivity contribution in [1.82, 2.24) is 9.97 Å². The summed E-state index contributed by atoms with van der Waals surface area (Å²) in [7, 11) is 0. The number of amides is 1. The molecule has 5 rings (SSSR count). The molecule has 0 radical (unpaired) electrons. The summed E-state index contributed by atoms with van der Waals surface area (Å²) in [5, 5.41) is 3.64. The van der Waals surface area contributed by atoms with Gasteiger partial charge in [-0.2, -0.15) is 0 Å². The van der Waals surface area contributed by atoms with E-state index in [0.717, 1.165) is 33.5 Å². The van der Waals surface area contributed by atoms with Crippen molar-refractivity contribution < 1.29 is 9.53 Å². The highest BCUT2D eigenvalue weighted by Gasteiger charge is 2.28. The predicted molar refractivity (Wildman–Crippen MR) is 139 cm³/mol. The molecule has 1 N–H and O–H groups in total. The number of hydrogen-bond donors (Lipinski definition) is 1. The van der Waals surface area contributed by atoms with Crippen molar-refractivity contribution in [1.29, 1.82) is 0 Å². The van der Waals surface area contributed by atoms with Crippen LogP contribution in [0.3, 0.4) is 0 Å². The van der Waals surface area contributed by atoms with Crippen molar-refractivity contribution in [3.8, 4) is 11.3 Å². The third-order valence-corrected chi connectivity index (χ3v) is 6.90. The maximum absolute atomic E-state index is 12.4. The summed E-state index contributed by atoms with van der Waals surface area (Å²) in [5.41, 5.74) is 5.06. The van der Waals surface area contributed by atoms with Gasteiger partial charge in [0.05, 0.1) is 15.7 Å². The van der Waals surface area contributed by atoms with Gasteiger partial charge in [-0.3, -0.25) is 5.32 Å². The highest BCUT2D eigenvalue weighted by Crippen LogP contribution is 2.42. The molecule has 0 bridgehead atoms.